The van der Waals surface area contributed by atoms with Crippen LogP contribution in [0.15, 0.2) is 0 Å². The van der Waals surface area contributed by atoms with Gasteiger partial charge in [-0.05, 0) is 12.8 Å². The molecule has 0 atom stereocenters. The number of carbonyl (C=O) groups excluding carboxylic acids is 2. The van der Waals surface area contributed by atoms with Gasteiger partial charge in [0, 0.05) is 13.1 Å². The molecule has 1 heterocycles. The lowest BCUT2D eigenvalue weighted by atomic mass is 9.99. The van der Waals surface area contributed by atoms with Crippen molar-refractivity contribution >= 4 is 22.1 Å². The molecule has 0 amide bonds. The van der Waals surface area contributed by atoms with Crippen molar-refractivity contribution in [3.05, 3.63) is 0 Å². The number of piperidine rings is 1. The predicted octanol–water partition coefficient (Wildman–Crippen LogP) is -1.12. The first-order valence-electron chi connectivity index (χ1n) is 5.80. The minimum absolute atomic E-state index is 0.219. The maximum absolute atomic E-state index is 11.8. The van der Waals surface area contributed by atoms with Crippen molar-refractivity contribution in [2.75, 3.05) is 33.9 Å². The van der Waals surface area contributed by atoms with Crippen molar-refractivity contribution < 1.29 is 27.5 Å². The summed E-state index contributed by atoms with van der Waals surface area (Å²) >= 11 is 0. The average molecular weight is 294 g/mol. The second-order valence-electron chi connectivity index (χ2n) is 4.10. The summed E-state index contributed by atoms with van der Waals surface area (Å²) in [5, 5.41) is 0. The van der Waals surface area contributed by atoms with Crippen molar-refractivity contribution in [1.29, 1.82) is 0 Å². The van der Waals surface area contributed by atoms with E-state index < -0.39 is 22.7 Å². The quantitative estimate of drug-likeness (QED) is 0.644. The molecule has 0 bridgehead atoms. The van der Waals surface area contributed by atoms with Gasteiger partial charge in [-0.2, -0.15) is 17.4 Å². The van der Waals surface area contributed by atoms with Crippen LogP contribution in [-0.4, -0.2) is 58.5 Å². The Kier molecular flexibility index (Phi) is 5.70. The van der Waals surface area contributed by atoms with Crippen LogP contribution in [0.5, 0.6) is 0 Å². The molecule has 0 aromatic rings. The van der Waals surface area contributed by atoms with Crippen molar-refractivity contribution in [3.8, 4) is 0 Å². The molecule has 0 radical (unpaired) electrons. The molecular weight excluding hydrogens is 276 g/mol. The standard InChI is InChI=1S/C10H18N2O6S/c1-17-9(13)7-11-19(15,16)12-5-3-8(4-6-12)10(14)18-2/h8,11H,3-7H2,1-2H3. The van der Waals surface area contributed by atoms with Crippen LogP contribution in [0.25, 0.3) is 0 Å². The van der Waals surface area contributed by atoms with E-state index in [1.807, 2.05) is 0 Å². The van der Waals surface area contributed by atoms with Crippen LogP contribution in [-0.2, 0) is 29.3 Å². The normalized spacial score (nSPS) is 18.0. The number of esters is 2. The Morgan fingerprint density at radius 1 is 1.21 bits per heavy atom. The van der Waals surface area contributed by atoms with Crippen LogP contribution in [0.3, 0.4) is 0 Å². The van der Waals surface area contributed by atoms with E-state index >= 15 is 0 Å². The first-order chi connectivity index (χ1) is 8.90. The summed E-state index contributed by atoms with van der Waals surface area (Å²) in [6, 6.07) is 0. The smallest absolute Gasteiger partial charge is 0.320 e. The third-order valence-corrected chi connectivity index (χ3v) is 4.51. The fourth-order valence-electron chi connectivity index (χ4n) is 1.81. The van der Waals surface area contributed by atoms with E-state index in [0.717, 1.165) is 0 Å². The lowest BCUT2D eigenvalue weighted by Gasteiger charge is -2.29. The van der Waals surface area contributed by atoms with E-state index in [2.05, 4.69) is 14.2 Å². The van der Waals surface area contributed by atoms with Gasteiger partial charge in [0.05, 0.1) is 20.1 Å². The van der Waals surface area contributed by atoms with Crippen LogP contribution < -0.4 is 4.72 Å². The van der Waals surface area contributed by atoms with Crippen molar-refractivity contribution in [1.82, 2.24) is 9.03 Å². The lowest BCUT2D eigenvalue weighted by Crippen LogP contribution is -2.47. The highest BCUT2D eigenvalue weighted by molar-refractivity contribution is 7.87. The highest BCUT2D eigenvalue weighted by atomic mass is 32.2. The SMILES string of the molecule is COC(=O)CNS(=O)(=O)N1CCC(C(=O)OC)CC1. The second-order valence-corrected chi connectivity index (χ2v) is 5.85. The molecule has 1 aliphatic rings. The Labute approximate surface area is 112 Å². The summed E-state index contributed by atoms with van der Waals surface area (Å²) < 4.78 is 36.0. The van der Waals surface area contributed by atoms with Crippen LogP contribution >= 0.6 is 0 Å². The minimum atomic E-state index is -3.71. The van der Waals surface area contributed by atoms with Crippen LogP contribution in [0.2, 0.25) is 0 Å². The maximum atomic E-state index is 11.8. The van der Waals surface area contributed by atoms with Gasteiger partial charge >= 0.3 is 11.9 Å². The third-order valence-electron chi connectivity index (χ3n) is 2.95. The molecule has 8 nitrogen and oxygen atoms in total. The Balaban J connectivity index is 2.49. The van der Waals surface area contributed by atoms with E-state index in [0.29, 0.717) is 12.8 Å². The molecule has 0 spiro atoms. The van der Waals surface area contributed by atoms with Crippen LogP contribution in [0.4, 0.5) is 0 Å². The van der Waals surface area contributed by atoms with E-state index in [1.165, 1.54) is 18.5 Å². The summed E-state index contributed by atoms with van der Waals surface area (Å²) in [5.74, 6) is -1.25. The summed E-state index contributed by atoms with van der Waals surface area (Å²) in [4.78, 5) is 22.2. The summed E-state index contributed by atoms with van der Waals surface area (Å²) in [5.41, 5.74) is 0. The predicted molar refractivity (Wildman–Crippen MR) is 65.3 cm³/mol. The maximum Gasteiger partial charge on any atom is 0.320 e. The molecule has 9 heteroatoms. The fraction of sp³-hybridized carbons (Fsp3) is 0.800. The zero-order chi connectivity index (χ0) is 14.5. The molecule has 1 N–H and O–H groups in total. The number of nitrogens with zero attached hydrogens (tertiary/aromatic N) is 1. The van der Waals surface area contributed by atoms with Gasteiger partial charge in [0.2, 0.25) is 0 Å². The summed E-state index contributed by atoms with van der Waals surface area (Å²) in [7, 11) is -1.23. The van der Waals surface area contributed by atoms with Gasteiger partial charge in [-0.25, -0.2) is 0 Å². The number of ether oxygens (including phenoxy) is 2. The highest BCUT2D eigenvalue weighted by Gasteiger charge is 2.31. The molecule has 0 aliphatic carbocycles. The largest absolute Gasteiger partial charge is 0.469 e. The first-order valence-corrected chi connectivity index (χ1v) is 7.24. The van der Waals surface area contributed by atoms with Gasteiger partial charge < -0.3 is 9.47 Å². The van der Waals surface area contributed by atoms with Gasteiger partial charge in [-0.15, -0.1) is 0 Å². The number of carbonyl (C=O) groups is 2. The zero-order valence-corrected chi connectivity index (χ0v) is 11.7. The van der Waals surface area contributed by atoms with Gasteiger partial charge in [-0.3, -0.25) is 9.59 Å². The van der Waals surface area contributed by atoms with Gasteiger partial charge in [0.15, 0.2) is 0 Å². The summed E-state index contributed by atoms with van der Waals surface area (Å²) in [6.45, 7) is 0.0301. The monoisotopic (exact) mass is 294 g/mol. The van der Waals surface area contributed by atoms with Crippen LogP contribution in [0.1, 0.15) is 12.8 Å². The molecule has 1 saturated heterocycles. The number of hydrogen-bond acceptors (Lipinski definition) is 6. The van der Waals surface area contributed by atoms with E-state index in [1.54, 1.807) is 0 Å². The molecule has 1 fully saturated rings. The highest BCUT2D eigenvalue weighted by Crippen LogP contribution is 2.19. The second kappa shape index (κ2) is 6.83. The van der Waals surface area contributed by atoms with E-state index in [-0.39, 0.29) is 25.0 Å². The van der Waals surface area contributed by atoms with E-state index in [4.69, 9.17) is 0 Å². The zero-order valence-electron chi connectivity index (χ0n) is 10.9. The molecular formula is C10H18N2O6S. The first kappa shape index (κ1) is 15.9. The number of methoxy groups -OCH3 is 2. The van der Waals surface area contributed by atoms with Gasteiger partial charge in [0.25, 0.3) is 10.2 Å². The Hall–Kier alpha value is -1.19. The number of rotatable bonds is 5. The third kappa shape index (κ3) is 4.44. The Morgan fingerprint density at radius 3 is 2.26 bits per heavy atom. The van der Waals surface area contributed by atoms with E-state index in [9.17, 15) is 18.0 Å². The molecule has 110 valence electrons. The molecule has 1 aliphatic heterocycles. The lowest BCUT2D eigenvalue weighted by molar-refractivity contribution is -0.146. The minimum Gasteiger partial charge on any atom is -0.469 e. The van der Waals surface area contributed by atoms with Crippen molar-refractivity contribution in [3.63, 3.8) is 0 Å². The van der Waals surface area contributed by atoms with Crippen molar-refractivity contribution in [2.45, 2.75) is 12.8 Å². The van der Waals surface area contributed by atoms with Gasteiger partial charge in [0.1, 0.15) is 6.54 Å². The number of hydrogen-bond donors (Lipinski definition) is 1. The molecule has 0 aromatic carbocycles. The number of nitrogens with one attached hydrogen (secondary N) is 1. The summed E-state index contributed by atoms with van der Waals surface area (Å²) in [6.07, 6.45) is 0.817. The topological polar surface area (TPSA) is 102 Å². The molecule has 0 aromatic heterocycles. The van der Waals surface area contributed by atoms with Crippen LogP contribution in [0, 0.1) is 5.92 Å². The fourth-order valence-corrected chi connectivity index (χ4v) is 2.99. The average Bonchev–Trinajstić information content (AvgIpc) is 2.44. The molecule has 0 saturated carbocycles. The van der Waals surface area contributed by atoms with Crippen molar-refractivity contribution in [2.24, 2.45) is 5.92 Å². The van der Waals surface area contributed by atoms with Gasteiger partial charge in [-0.1, -0.05) is 0 Å². The molecule has 0 unspecified atom stereocenters. The molecule has 19 heavy (non-hydrogen) atoms. The Bertz CT molecular complexity index is 427. The Morgan fingerprint density at radius 2 is 1.79 bits per heavy atom. The molecule has 1 rings (SSSR count).